The molecule has 0 unspecified atom stereocenters. The molecule has 3 rings (SSSR count). The molecule has 168 valence electrons. The summed E-state index contributed by atoms with van der Waals surface area (Å²) in [4.78, 5) is 38.8. The van der Waals surface area contributed by atoms with Gasteiger partial charge in [0, 0.05) is 5.69 Å². The second-order valence-electron chi connectivity index (χ2n) is 7.02. The molecule has 0 saturated carbocycles. The van der Waals surface area contributed by atoms with E-state index in [9.17, 15) is 14.4 Å². The quantitative estimate of drug-likeness (QED) is 0.629. The minimum absolute atomic E-state index is 0.198. The fourth-order valence-corrected chi connectivity index (χ4v) is 4.03. The number of benzene rings is 2. The number of aryl methyl sites for hydroxylation is 1. The Morgan fingerprint density at radius 1 is 1.06 bits per heavy atom. The number of ether oxygens (including phenoxy) is 3. The monoisotopic (exact) mass is 456 g/mol. The Morgan fingerprint density at radius 3 is 2.31 bits per heavy atom. The van der Waals surface area contributed by atoms with E-state index >= 15 is 0 Å². The summed E-state index contributed by atoms with van der Waals surface area (Å²) in [5, 5.41) is 2.26. The summed E-state index contributed by atoms with van der Waals surface area (Å²) in [6.45, 7) is 3.46. The van der Waals surface area contributed by atoms with E-state index in [1.807, 2.05) is 26.0 Å². The van der Waals surface area contributed by atoms with E-state index in [1.54, 1.807) is 24.3 Å². The van der Waals surface area contributed by atoms with Crippen molar-refractivity contribution in [1.82, 2.24) is 4.90 Å². The molecule has 3 amide bonds. The maximum Gasteiger partial charge on any atom is 0.294 e. The highest BCUT2D eigenvalue weighted by molar-refractivity contribution is 8.18. The Labute approximate surface area is 190 Å². The Kier molecular flexibility index (Phi) is 7.09. The molecule has 32 heavy (non-hydrogen) atoms. The zero-order chi connectivity index (χ0) is 23.4. The van der Waals surface area contributed by atoms with Crippen LogP contribution in [0.15, 0.2) is 35.2 Å². The molecule has 2 aromatic rings. The Balaban J connectivity index is 1.79. The predicted octanol–water partition coefficient (Wildman–Crippen LogP) is 4.00. The molecular formula is C23H24N2O6S. The van der Waals surface area contributed by atoms with E-state index < -0.39 is 17.1 Å². The lowest BCUT2D eigenvalue weighted by Crippen LogP contribution is -2.36. The highest BCUT2D eigenvalue weighted by atomic mass is 32.2. The molecule has 0 atom stereocenters. The van der Waals surface area contributed by atoms with E-state index in [1.165, 1.54) is 21.3 Å². The maximum atomic E-state index is 12.8. The van der Waals surface area contributed by atoms with Crippen molar-refractivity contribution in [2.24, 2.45) is 0 Å². The SMILES string of the molecule is COc1cc(/C=C2/SC(=O)N(CC(=O)Nc3cccc(C)c3C)C2=O)cc(OC)c1OC. The van der Waals surface area contributed by atoms with Gasteiger partial charge in [0.2, 0.25) is 11.7 Å². The molecule has 1 fully saturated rings. The average molecular weight is 457 g/mol. The molecule has 0 aliphatic carbocycles. The molecule has 1 aliphatic rings. The molecule has 9 heteroatoms. The van der Waals surface area contributed by atoms with E-state index in [2.05, 4.69) is 5.32 Å². The van der Waals surface area contributed by atoms with Gasteiger partial charge >= 0.3 is 0 Å². The van der Waals surface area contributed by atoms with E-state index in [4.69, 9.17) is 14.2 Å². The third-order valence-electron chi connectivity index (χ3n) is 5.04. The van der Waals surface area contributed by atoms with E-state index in [0.29, 0.717) is 28.5 Å². The van der Waals surface area contributed by atoms with E-state index in [0.717, 1.165) is 27.8 Å². The minimum Gasteiger partial charge on any atom is -0.493 e. The van der Waals surface area contributed by atoms with Gasteiger partial charge in [0.15, 0.2) is 11.5 Å². The molecule has 2 aromatic carbocycles. The topological polar surface area (TPSA) is 94.2 Å². The molecule has 1 saturated heterocycles. The molecule has 8 nitrogen and oxygen atoms in total. The molecule has 0 radical (unpaired) electrons. The fourth-order valence-electron chi connectivity index (χ4n) is 3.19. The van der Waals surface area contributed by atoms with Gasteiger partial charge in [0.05, 0.1) is 26.2 Å². The Hall–Kier alpha value is -3.46. The number of rotatable bonds is 7. The number of carbonyl (C=O) groups excluding carboxylic acids is 3. The third-order valence-corrected chi connectivity index (χ3v) is 5.95. The van der Waals surface area contributed by atoms with Crippen molar-refractivity contribution < 1.29 is 28.6 Å². The van der Waals surface area contributed by atoms with Crippen LogP contribution in [0.4, 0.5) is 10.5 Å². The maximum absolute atomic E-state index is 12.8. The summed E-state index contributed by atoms with van der Waals surface area (Å²) in [5.74, 6) is 0.277. The van der Waals surface area contributed by atoms with Crippen LogP contribution in [0.3, 0.4) is 0 Å². The highest BCUT2D eigenvalue weighted by Gasteiger charge is 2.36. The van der Waals surface area contributed by atoms with Gasteiger partial charge in [-0.1, -0.05) is 12.1 Å². The molecule has 1 aliphatic heterocycles. The Morgan fingerprint density at radius 2 is 1.72 bits per heavy atom. The van der Waals surface area contributed by atoms with Gasteiger partial charge in [-0.2, -0.15) is 0 Å². The van der Waals surface area contributed by atoms with Crippen molar-refractivity contribution >= 4 is 40.6 Å². The molecule has 0 aromatic heterocycles. The summed E-state index contributed by atoms with van der Waals surface area (Å²) in [6.07, 6.45) is 1.55. The summed E-state index contributed by atoms with van der Waals surface area (Å²) in [7, 11) is 4.47. The standard InChI is InChI=1S/C23H24N2O6S/c1-13-7-6-8-16(14(13)2)24-20(26)12-25-22(27)19(32-23(25)28)11-15-9-17(29-3)21(31-5)18(10-15)30-4/h6-11H,12H2,1-5H3,(H,24,26)/b19-11+. The predicted molar refractivity (Wildman–Crippen MR) is 123 cm³/mol. The van der Waals surface area contributed by atoms with Crippen molar-refractivity contribution in [3.63, 3.8) is 0 Å². The van der Waals surface area contributed by atoms with Crippen LogP contribution in [-0.2, 0) is 9.59 Å². The number of nitrogens with one attached hydrogen (secondary N) is 1. The lowest BCUT2D eigenvalue weighted by molar-refractivity contribution is -0.127. The van der Waals surface area contributed by atoms with Gasteiger partial charge in [0.25, 0.3) is 11.1 Å². The third kappa shape index (κ3) is 4.72. The van der Waals surface area contributed by atoms with Crippen molar-refractivity contribution in [3.05, 3.63) is 51.9 Å². The van der Waals surface area contributed by atoms with Crippen molar-refractivity contribution in [3.8, 4) is 17.2 Å². The number of hydrogen-bond donors (Lipinski definition) is 1. The number of imide groups is 1. The number of nitrogens with zero attached hydrogens (tertiary/aromatic N) is 1. The highest BCUT2D eigenvalue weighted by Crippen LogP contribution is 2.40. The first-order valence-electron chi connectivity index (χ1n) is 9.70. The summed E-state index contributed by atoms with van der Waals surface area (Å²) >= 11 is 0.773. The second-order valence-corrected chi connectivity index (χ2v) is 8.02. The molecule has 0 bridgehead atoms. The van der Waals surface area contributed by atoms with Crippen LogP contribution >= 0.6 is 11.8 Å². The van der Waals surface area contributed by atoms with Crippen LogP contribution in [0.5, 0.6) is 17.2 Å². The number of amides is 3. The number of anilines is 1. The second kappa shape index (κ2) is 9.78. The molecular weight excluding hydrogens is 432 g/mol. The van der Waals surface area contributed by atoms with Crippen molar-refractivity contribution in [2.75, 3.05) is 33.2 Å². The minimum atomic E-state index is -0.537. The molecule has 0 spiro atoms. The Bertz CT molecular complexity index is 1090. The van der Waals surface area contributed by atoms with E-state index in [-0.39, 0.29) is 11.4 Å². The number of thioether (sulfide) groups is 1. The average Bonchev–Trinajstić information content (AvgIpc) is 3.03. The van der Waals surface area contributed by atoms with Crippen LogP contribution in [-0.4, -0.2) is 49.8 Å². The largest absolute Gasteiger partial charge is 0.493 e. The first kappa shape index (κ1) is 23.2. The van der Waals surface area contributed by atoms with Crippen LogP contribution in [0, 0.1) is 13.8 Å². The zero-order valence-corrected chi connectivity index (χ0v) is 19.3. The van der Waals surface area contributed by atoms with Crippen LogP contribution in [0.25, 0.3) is 6.08 Å². The molecule has 1 heterocycles. The van der Waals surface area contributed by atoms with Crippen LogP contribution in [0.2, 0.25) is 0 Å². The first-order valence-corrected chi connectivity index (χ1v) is 10.5. The summed E-state index contributed by atoms with van der Waals surface area (Å²) in [6, 6.07) is 8.89. The fraction of sp³-hybridized carbons (Fsp3) is 0.261. The summed E-state index contributed by atoms with van der Waals surface area (Å²) in [5.41, 5.74) is 3.19. The van der Waals surface area contributed by atoms with Gasteiger partial charge in [-0.25, -0.2) is 0 Å². The van der Waals surface area contributed by atoms with Gasteiger partial charge in [-0.15, -0.1) is 0 Å². The normalized spacial score (nSPS) is 14.7. The first-order chi connectivity index (χ1) is 15.3. The van der Waals surface area contributed by atoms with Gasteiger partial charge in [-0.3, -0.25) is 19.3 Å². The summed E-state index contributed by atoms with van der Waals surface area (Å²) < 4.78 is 15.9. The lowest BCUT2D eigenvalue weighted by atomic mass is 10.1. The van der Waals surface area contributed by atoms with Crippen molar-refractivity contribution in [1.29, 1.82) is 0 Å². The lowest BCUT2D eigenvalue weighted by Gasteiger charge is -2.14. The van der Waals surface area contributed by atoms with Crippen LogP contribution in [0.1, 0.15) is 16.7 Å². The van der Waals surface area contributed by atoms with Gasteiger partial charge in [-0.05, 0) is 66.6 Å². The number of hydrogen-bond acceptors (Lipinski definition) is 7. The number of carbonyl (C=O) groups is 3. The molecule has 1 N–H and O–H groups in total. The number of methoxy groups -OCH3 is 3. The smallest absolute Gasteiger partial charge is 0.294 e. The van der Waals surface area contributed by atoms with Gasteiger partial charge in [0.1, 0.15) is 6.54 Å². The van der Waals surface area contributed by atoms with Crippen LogP contribution < -0.4 is 19.5 Å². The zero-order valence-electron chi connectivity index (χ0n) is 18.5. The van der Waals surface area contributed by atoms with Gasteiger partial charge < -0.3 is 19.5 Å². The van der Waals surface area contributed by atoms with Crippen molar-refractivity contribution in [2.45, 2.75) is 13.8 Å².